The molecule has 0 heterocycles. The lowest BCUT2D eigenvalue weighted by molar-refractivity contribution is 0.413. The lowest BCUT2D eigenvalue weighted by Gasteiger charge is -2.30. The molecule has 1 saturated carbocycles. The van der Waals surface area contributed by atoms with Gasteiger partial charge in [0.05, 0.1) is 6.54 Å². The predicted molar refractivity (Wildman–Crippen MR) is 117 cm³/mol. The highest BCUT2D eigenvalue weighted by Gasteiger charge is 2.26. The van der Waals surface area contributed by atoms with Crippen LogP contribution in [0.15, 0.2) is 17.1 Å². The van der Waals surface area contributed by atoms with Crippen LogP contribution in [0, 0.1) is 0 Å². The molecule has 0 amide bonds. The van der Waals surface area contributed by atoms with Crippen molar-refractivity contribution in [3.8, 4) is 5.75 Å². The molecule has 0 saturated heterocycles. The fourth-order valence-corrected chi connectivity index (χ4v) is 5.84. The minimum atomic E-state index is -0.724. The Balaban J connectivity index is 1.71. The molecule has 0 bridgehead atoms. The van der Waals surface area contributed by atoms with Gasteiger partial charge in [0.1, 0.15) is 5.75 Å². The summed E-state index contributed by atoms with van der Waals surface area (Å²) in [7, 11) is -0.724. The summed E-state index contributed by atoms with van der Waals surface area (Å²) >= 11 is 0. The van der Waals surface area contributed by atoms with Crippen LogP contribution in [0.4, 0.5) is 0 Å². The summed E-state index contributed by atoms with van der Waals surface area (Å²) in [6.07, 6.45) is 8.76. The number of nitrogens with zero attached hydrogens (tertiary/aromatic N) is 1. The average molecular weight is 406 g/mol. The van der Waals surface area contributed by atoms with Crippen molar-refractivity contribution >= 4 is 16.8 Å². The van der Waals surface area contributed by atoms with Crippen LogP contribution in [-0.2, 0) is 30.2 Å². The van der Waals surface area contributed by atoms with Crippen molar-refractivity contribution in [1.29, 1.82) is 0 Å². The molecule has 2 aliphatic carbocycles. The molecule has 1 aromatic carbocycles. The van der Waals surface area contributed by atoms with E-state index in [1.165, 1.54) is 24.0 Å². The minimum absolute atomic E-state index is 0.296. The highest BCUT2D eigenvalue weighted by atomic mass is 32.2. The van der Waals surface area contributed by atoms with E-state index < -0.39 is 10.8 Å². The van der Waals surface area contributed by atoms with E-state index in [9.17, 15) is 9.32 Å². The van der Waals surface area contributed by atoms with Crippen molar-refractivity contribution in [1.82, 2.24) is 10.6 Å². The Morgan fingerprint density at radius 2 is 2.04 bits per heavy atom. The summed E-state index contributed by atoms with van der Waals surface area (Å²) < 4.78 is 12.2. The Bertz CT molecular complexity index is 720. The minimum Gasteiger partial charge on any atom is -0.508 e. The van der Waals surface area contributed by atoms with E-state index in [2.05, 4.69) is 23.6 Å². The molecule has 0 aromatic heterocycles. The smallest absolute Gasteiger partial charge is 0.191 e. The fourth-order valence-electron chi connectivity index (χ4n) is 4.49. The molecule has 6 heteroatoms. The van der Waals surface area contributed by atoms with E-state index in [-0.39, 0.29) is 0 Å². The van der Waals surface area contributed by atoms with Crippen LogP contribution in [0.2, 0.25) is 0 Å². The summed E-state index contributed by atoms with van der Waals surface area (Å²) in [6, 6.07) is 4.20. The lowest BCUT2D eigenvalue weighted by atomic mass is 9.88. The number of nitrogens with one attached hydrogen (secondary N) is 2. The Morgan fingerprint density at radius 3 is 2.82 bits per heavy atom. The third-order valence-electron chi connectivity index (χ3n) is 5.99. The Morgan fingerprint density at radius 1 is 1.21 bits per heavy atom. The zero-order chi connectivity index (χ0) is 19.9. The molecule has 0 spiro atoms. The van der Waals surface area contributed by atoms with Gasteiger partial charge in [0, 0.05) is 40.0 Å². The number of benzene rings is 1. The molecule has 3 unspecified atom stereocenters. The quantitative estimate of drug-likeness (QED) is 0.501. The number of aryl methyl sites for hydroxylation is 1. The Hall–Kier alpha value is -1.56. The van der Waals surface area contributed by atoms with Crippen molar-refractivity contribution in [3.05, 3.63) is 28.8 Å². The first-order valence-corrected chi connectivity index (χ1v) is 12.2. The maximum Gasteiger partial charge on any atom is 0.191 e. The van der Waals surface area contributed by atoms with E-state index in [1.807, 2.05) is 13.0 Å². The van der Waals surface area contributed by atoms with Gasteiger partial charge in [-0.1, -0.05) is 19.4 Å². The Labute approximate surface area is 171 Å². The second kappa shape index (κ2) is 10.3. The van der Waals surface area contributed by atoms with Crippen molar-refractivity contribution in [2.24, 2.45) is 4.99 Å². The molecule has 1 aromatic rings. The zero-order valence-electron chi connectivity index (χ0n) is 17.3. The number of fused-ring (bicyclic) bond motifs is 1. The second-order valence-electron chi connectivity index (χ2n) is 7.90. The van der Waals surface area contributed by atoms with Gasteiger partial charge in [-0.15, -0.1) is 0 Å². The van der Waals surface area contributed by atoms with Crippen LogP contribution in [-0.4, -0.2) is 38.9 Å². The number of aromatic hydroxyl groups is 1. The highest BCUT2D eigenvalue weighted by Crippen LogP contribution is 2.31. The second-order valence-corrected chi connectivity index (χ2v) is 9.91. The third kappa shape index (κ3) is 5.28. The third-order valence-corrected chi connectivity index (χ3v) is 7.73. The van der Waals surface area contributed by atoms with E-state index in [0.717, 1.165) is 62.3 Å². The number of aliphatic imine (C=N–C) groups is 1. The van der Waals surface area contributed by atoms with Gasteiger partial charge in [-0.3, -0.25) is 4.21 Å². The normalized spacial score (nSPS) is 23.7. The molecule has 1 fully saturated rings. The van der Waals surface area contributed by atoms with Gasteiger partial charge in [0.25, 0.3) is 0 Å². The van der Waals surface area contributed by atoms with Gasteiger partial charge in [0.15, 0.2) is 5.96 Å². The van der Waals surface area contributed by atoms with Crippen molar-refractivity contribution < 1.29 is 9.32 Å². The molecule has 0 aliphatic heterocycles. The molecule has 3 atom stereocenters. The zero-order valence-corrected chi connectivity index (χ0v) is 18.1. The SMILES string of the molecule is CCNC(=NCc1c(O)ccc2c1CCCC2)NC1CCCC(S(=O)CC)C1. The standard InChI is InChI=1S/C22H35N3O2S/c1-3-23-22(25-17-9-7-10-18(14-17)28(27)4-2)24-15-20-19-11-6-5-8-16(19)12-13-21(20)26/h12-13,17-18,26H,3-11,14-15H2,1-2H3,(H2,23,24,25). The molecule has 3 N–H and O–H groups in total. The van der Waals surface area contributed by atoms with Gasteiger partial charge >= 0.3 is 0 Å². The van der Waals surface area contributed by atoms with Crippen molar-refractivity contribution in [3.63, 3.8) is 0 Å². The van der Waals surface area contributed by atoms with Crippen LogP contribution >= 0.6 is 0 Å². The van der Waals surface area contributed by atoms with E-state index in [1.54, 1.807) is 0 Å². The number of phenolic OH excluding ortho intramolecular Hbond substituents is 1. The number of phenols is 1. The molecular weight excluding hydrogens is 370 g/mol. The lowest BCUT2D eigenvalue weighted by Crippen LogP contribution is -2.46. The van der Waals surface area contributed by atoms with Crippen LogP contribution in [0.3, 0.4) is 0 Å². The van der Waals surface area contributed by atoms with Crippen molar-refractivity contribution in [2.45, 2.75) is 83.1 Å². The summed E-state index contributed by atoms with van der Waals surface area (Å²) in [6.45, 7) is 5.35. The van der Waals surface area contributed by atoms with Gasteiger partial charge in [0.2, 0.25) is 0 Å². The molecule has 3 rings (SSSR count). The summed E-state index contributed by atoms with van der Waals surface area (Å²) in [4.78, 5) is 4.80. The first-order valence-electron chi connectivity index (χ1n) is 10.9. The summed E-state index contributed by atoms with van der Waals surface area (Å²) in [5.41, 5.74) is 3.63. The molecule has 2 aliphatic rings. The number of hydrogen-bond donors (Lipinski definition) is 3. The van der Waals surface area contributed by atoms with E-state index in [4.69, 9.17) is 4.99 Å². The molecule has 156 valence electrons. The summed E-state index contributed by atoms with van der Waals surface area (Å²) in [5, 5.41) is 17.6. The van der Waals surface area contributed by atoms with E-state index in [0.29, 0.717) is 23.6 Å². The number of hydrogen-bond acceptors (Lipinski definition) is 3. The molecular formula is C22H35N3O2S. The maximum absolute atomic E-state index is 12.2. The maximum atomic E-state index is 12.2. The Kier molecular flexibility index (Phi) is 7.77. The molecule has 5 nitrogen and oxygen atoms in total. The molecule has 28 heavy (non-hydrogen) atoms. The average Bonchev–Trinajstić information content (AvgIpc) is 2.72. The largest absolute Gasteiger partial charge is 0.508 e. The number of guanidine groups is 1. The van der Waals surface area contributed by atoms with Crippen LogP contribution < -0.4 is 10.6 Å². The first kappa shape index (κ1) is 21.2. The van der Waals surface area contributed by atoms with Crippen LogP contribution in [0.5, 0.6) is 5.75 Å². The fraction of sp³-hybridized carbons (Fsp3) is 0.682. The van der Waals surface area contributed by atoms with Gasteiger partial charge in [-0.05, 0) is 69.1 Å². The monoisotopic (exact) mass is 405 g/mol. The topological polar surface area (TPSA) is 73.7 Å². The van der Waals surface area contributed by atoms with Crippen LogP contribution in [0.25, 0.3) is 0 Å². The van der Waals surface area contributed by atoms with Gasteiger partial charge in [-0.25, -0.2) is 4.99 Å². The van der Waals surface area contributed by atoms with Crippen molar-refractivity contribution in [2.75, 3.05) is 12.3 Å². The highest BCUT2D eigenvalue weighted by molar-refractivity contribution is 7.85. The van der Waals surface area contributed by atoms with Gasteiger partial charge < -0.3 is 15.7 Å². The van der Waals surface area contributed by atoms with E-state index >= 15 is 0 Å². The first-order chi connectivity index (χ1) is 13.6. The molecule has 0 radical (unpaired) electrons. The number of rotatable bonds is 6. The predicted octanol–water partition coefficient (Wildman–Crippen LogP) is 3.41. The van der Waals surface area contributed by atoms with Crippen LogP contribution in [0.1, 0.15) is 69.1 Å². The van der Waals surface area contributed by atoms with Gasteiger partial charge in [-0.2, -0.15) is 0 Å². The summed E-state index contributed by atoms with van der Waals surface area (Å²) in [5.74, 6) is 1.89.